The monoisotopic (exact) mass is 401 g/mol. The Hall–Kier alpha value is -2.79. The van der Waals surface area contributed by atoms with Gasteiger partial charge in [-0.15, -0.1) is 0 Å². The fourth-order valence-corrected chi connectivity index (χ4v) is 5.94. The largest absolute Gasteiger partial charge is 0.371 e. The fraction of sp³-hybridized carbons (Fsp3) is 0.400. The molecule has 3 aliphatic rings. The molecule has 0 radical (unpaired) electrons. The first kappa shape index (κ1) is 18.0. The Balaban J connectivity index is 1.50. The number of aliphatic hydroxyl groups is 1. The van der Waals surface area contributed by atoms with Crippen LogP contribution >= 0.6 is 0 Å². The summed E-state index contributed by atoms with van der Waals surface area (Å²) in [6, 6.07) is 18.3. The Morgan fingerprint density at radius 2 is 1.63 bits per heavy atom. The van der Waals surface area contributed by atoms with Crippen molar-refractivity contribution in [1.29, 1.82) is 0 Å². The highest BCUT2D eigenvalue weighted by atomic mass is 16.3. The van der Waals surface area contributed by atoms with Gasteiger partial charge in [0.2, 0.25) is 0 Å². The van der Waals surface area contributed by atoms with E-state index >= 15 is 0 Å². The van der Waals surface area contributed by atoms with Gasteiger partial charge in [-0.2, -0.15) is 0 Å². The summed E-state index contributed by atoms with van der Waals surface area (Å²) in [5.74, 6) is 0. The lowest BCUT2D eigenvalue weighted by molar-refractivity contribution is 0.000112. The summed E-state index contributed by atoms with van der Waals surface area (Å²) in [6.45, 7) is 0. The summed E-state index contributed by atoms with van der Waals surface area (Å²) < 4.78 is 0. The average molecular weight is 402 g/mol. The van der Waals surface area contributed by atoms with Crippen LogP contribution in [-0.4, -0.2) is 44.2 Å². The van der Waals surface area contributed by atoms with Crippen LogP contribution in [0.25, 0.3) is 10.9 Å². The molecule has 1 saturated carbocycles. The van der Waals surface area contributed by atoms with E-state index in [1.54, 1.807) is 4.90 Å². The SMILES string of the molecule is O=C1N(C2CCCCC2)C(O)C2Cc3c([nH]c4ccccc34)C(c3ccccc3)N12. The zero-order valence-corrected chi connectivity index (χ0v) is 17.0. The quantitative estimate of drug-likeness (QED) is 0.661. The number of amides is 2. The van der Waals surface area contributed by atoms with E-state index in [1.807, 2.05) is 29.2 Å². The summed E-state index contributed by atoms with van der Waals surface area (Å²) in [7, 11) is 0. The molecule has 1 aromatic heterocycles. The number of aliphatic hydroxyl groups excluding tert-OH is 1. The second-order valence-corrected chi connectivity index (χ2v) is 8.95. The molecule has 3 unspecified atom stereocenters. The van der Waals surface area contributed by atoms with E-state index < -0.39 is 6.23 Å². The van der Waals surface area contributed by atoms with Gasteiger partial charge in [-0.3, -0.25) is 4.90 Å². The minimum atomic E-state index is -0.756. The highest BCUT2D eigenvalue weighted by Gasteiger charge is 2.53. The lowest BCUT2D eigenvalue weighted by atomic mass is 9.88. The molecule has 3 atom stereocenters. The van der Waals surface area contributed by atoms with Crippen molar-refractivity contribution in [2.45, 2.75) is 62.9 Å². The maximum atomic E-state index is 13.7. The third-order valence-electron chi connectivity index (χ3n) is 7.32. The molecule has 30 heavy (non-hydrogen) atoms. The van der Waals surface area contributed by atoms with E-state index in [1.165, 1.54) is 17.4 Å². The Labute approximate surface area is 176 Å². The Morgan fingerprint density at radius 3 is 2.43 bits per heavy atom. The molecular weight excluding hydrogens is 374 g/mol. The molecule has 154 valence electrons. The van der Waals surface area contributed by atoms with E-state index in [0.29, 0.717) is 6.42 Å². The van der Waals surface area contributed by atoms with Gasteiger partial charge < -0.3 is 15.0 Å². The molecule has 1 saturated heterocycles. The maximum absolute atomic E-state index is 13.7. The molecule has 6 rings (SSSR count). The Bertz CT molecular complexity index is 1090. The zero-order valence-electron chi connectivity index (χ0n) is 17.0. The second-order valence-electron chi connectivity index (χ2n) is 8.95. The van der Waals surface area contributed by atoms with Gasteiger partial charge in [-0.25, -0.2) is 4.79 Å². The molecule has 2 fully saturated rings. The molecule has 2 aliphatic heterocycles. The van der Waals surface area contributed by atoms with E-state index in [-0.39, 0.29) is 24.2 Å². The van der Waals surface area contributed by atoms with Crippen molar-refractivity contribution >= 4 is 16.9 Å². The smallest absolute Gasteiger partial charge is 0.323 e. The molecule has 0 spiro atoms. The number of hydrogen-bond acceptors (Lipinski definition) is 2. The number of nitrogens with zero attached hydrogens (tertiary/aromatic N) is 2. The molecule has 5 heteroatoms. The number of rotatable bonds is 2. The highest BCUT2D eigenvalue weighted by molar-refractivity contribution is 5.87. The van der Waals surface area contributed by atoms with Crippen molar-refractivity contribution in [1.82, 2.24) is 14.8 Å². The standard InChI is InChI=1S/C25H27N3O2/c29-24-21-15-19-18-13-7-8-14-20(18)26-22(19)23(16-9-3-1-4-10-16)28(21)25(30)27(24)17-11-5-2-6-12-17/h1,3-4,7-10,13-14,17,21,23-24,26,29H,2,5-6,11-12,15H2. The average Bonchev–Trinajstić information content (AvgIpc) is 3.28. The minimum absolute atomic E-state index is 0.0161. The number of aromatic nitrogens is 1. The molecule has 1 aliphatic carbocycles. The van der Waals surface area contributed by atoms with Crippen molar-refractivity contribution < 1.29 is 9.90 Å². The van der Waals surface area contributed by atoms with Crippen LogP contribution in [0.15, 0.2) is 54.6 Å². The van der Waals surface area contributed by atoms with Crippen LogP contribution in [0.1, 0.15) is 55.0 Å². The molecule has 5 nitrogen and oxygen atoms in total. The number of para-hydroxylation sites is 1. The molecule has 2 aromatic carbocycles. The van der Waals surface area contributed by atoms with Gasteiger partial charge in [0.25, 0.3) is 0 Å². The van der Waals surface area contributed by atoms with Crippen molar-refractivity contribution in [3.8, 4) is 0 Å². The number of nitrogens with one attached hydrogen (secondary N) is 1. The summed E-state index contributed by atoms with van der Waals surface area (Å²) in [6.07, 6.45) is 5.41. The predicted octanol–water partition coefficient (Wildman–Crippen LogP) is 4.57. The van der Waals surface area contributed by atoms with Crippen LogP contribution in [0.4, 0.5) is 4.79 Å². The summed E-state index contributed by atoms with van der Waals surface area (Å²) in [4.78, 5) is 21.1. The number of fused-ring (bicyclic) bond motifs is 4. The Kier molecular flexibility index (Phi) is 4.13. The van der Waals surface area contributed by atoms with Crippen molar-refractivity contribution in [3.63, 3.8) is 0 Å². The molecule has 2 amide bonds. The molecule has 2 N–H and O–H groups in total. The van der Waals surface area contributed by atoms with E-state index in [0.717, 1.165) is 42.5 Å². The van der Waals surface area contributed by atoms with Crippen molar-refractivity contribution in [2.75, 3.05) is 0 Å². The second kappa shape index (κ2) is 6.88. The number of carbonyl (C=O) groups excluding carboxylic acids is 1. The van der Waals surface area contributed by atoms with Crippen LogP contribution in [0.2, 0.25) is 0 Å². The topological polar surface area (TPSA) is 59.6 Å². The Morgan fingerprint density at radius 1 is 0.900 bits per heavy atom. The van der Waals surface area contributed by atoms with Crippen molar-refractivity contribution in [3.05, 3.63) is 71.4 Å². The van der Waals surface area contributed by atoms with Gasteiger partial charge in [0.1, 0.15) is 0 Å². The molecule has 0 bridgehead atoms. The van der Waals surface area contributed by atoms with Crippen LogP contribution < -0.4 is 0 Å². The summed E-state index contributed by atoms with van der Waals surface area (Å²) in [5, 5.41) is 12.6. The van der Waals surface area contributed by atoms with Gasteiger partial charge in [0, 0.05) is 22.6 Å². The predicted molar refractivity (Wildman–Crippen MR) is 116 cm³/mol. The summed E-state index contributed by atoms with van der Waals surface area (Å²) in [5.41, 5.74) is 4.50. The maximum Gasteiger partial charge on any atom is 0.323 e. The minimum Gasteiger partial charge on any atom is -0.371 e. The van der Waals surface area contributed by atoms with Crippen LogP contribution in [0.5, 0.6) is 0 Å². The number of benzene rings is 2. The third-order valence-corrected chi connectivity index (χ3v) is 7.32. The number of H-pyrrole nitrogens is 1. The van der Waals surface area contributed by atoms with Gasteiger partial charge in [-0.05, 0) is 36.5 Å². The molecular formula is C25H27N3O2. The lowest BCUT2D eigenvalue weighted by Gasteiger charge is -2.37. The third kappa shape index (κ3) is 2.54. The van der Waals surface area contributed by atoms with E-state index in [4.69, 9.17) is 0 Å². The number of carbonyl (C=O) groups is 1. The number of hydrogen-bond donors (Lipinski definition) is 2. The van der Waals surface area contributed by atoms with Gasteiger partial charge in [0.15, 0.2) is 6.23 Å². The zero-order chi connectivity index (χ0) is 20.2. The first-order chi connectivity index (χ1) is 14.7. The number of urea groups is 1. The van der Waals surface area contributed by atoms with Crippen molar-refractivity contribution in [2.24, 2.45) is 0 Å². The van der Waals surface area contributed by atoms with E-state index in [9.17, 15) is 9.90 Å². The van der Waals surface area contributed by atoms with Gasteiger partial charge in [0.05, 0.1) is 12.1 Å². The summed E-state index contributed by atoms with van der Waals surface area (Å²) >= 11 is 0. The lowest BCUT2D eigenvalue weighted by Crippen LogP contribution is -2.45. The van der Waals surface area contributed by atoms with Crippen LogP contribution in [0.3, 0.4) is 0 Å². The van der Waals surface area contributed by atoms with E-state index in [2.05, 4.69) is 35.3 Å². The molecule has 3 heterocycles. The first-order valence-electron chi connectivity index (χ1n) is 11.2. The molecule has 3 aromatic rings. The first-order valence-corrected chi connectivity index (χ1v) is 11.2. The fourth-order valence-electron chi connectivity index (χ4n) is 5.94. The number of aromatic amines is 1. The van der Waals surface area contributed by atoms with Crippen LogP contribution in [-0.2, 0) is 6.42 Å². The van der Waals surface area contributed by atoms with Gasteiger partial charge in [-0.1, -0.05) is 67.8 Å². The normalized spacial score (nSPS) is 26.8. The van der Waals surface area contributed by atoms with Gasteiger partial charge >= 0.3 is 6.03 Å². The highest BCUT2D eigenvalue weighted by Crippen LogP contribution is 2.46. The van der Waals surface area contributed by atoms with Crippen LogP contribution in [0, 0.1) is 0 Å².